The first-order valence-electron chi connectivity index (χ1n) is 5.76. The average molecular weight is 367 g/mol. The van der Waals surface area contributed by atoms with Gasteiger partial charge in [0.1, 0.15) is 12.9 Å². The van der Waals surface area contributed by atoms with Crippen LogP contribution in [0, 0.1) is 17.1 Å². The van der Waals surface area contributed by atoms with Crippen molar-refractivity contribution in [2.45, 2.75) is 0 Å². The predicted molar refractivity (Wildman–Crippen MR) is 85.4 cm³/mol. The van der Waals surface area contributed by atoms with E-state index in [-0.39, 0.29) is 6.61 Å². The Morgan fingerprint density at radius 2 is 2.43 bits per heavy atom. The van der Waals surface area contributed by atoms with Crippen LogP contribution < -0.4 is 9.47 Å². The summed E-state index contributed by atoms with van der Waals surface area (Å²) in [4.78, 5) is 0. The Hall–Kier alpha value is -2.11. The van der Waals surface area contributed by atoms with Crippen LogP contribution in [0.2, 0.25) is 0 Å². The van der Waals surface area contributed by atoms with Crippen LogP contribution in [0.5, 0.6) is 11.5 Å². The second-order valence-electron chi connectivity index (χ2n) is 3.78. The number of hydrogen-bond donors (Lipinski definition) is 1. The third-order valence-electron chi connectivity index (χ3n) is 2.42. The minimum atomic E-state index is 0.159. The number of nitrogens with one attached hydrogen (secondary N) is 1. The molecule has 0 fully saturated rings. The van der Waals surface area contributed by atoms with Crippen molar-refractivity contribution in [3.63, 3.8) is 0 Å². The van der Waals surface area contributed by atoms with Crippen LogP contribution in [0.1, 0.15) is 5.56 Å². The molecule has 8 heteroatoms. The Balaban J connectivity index is 2.32. The van der Waals surface area contributed by atoms with E-state index >= 15 is 0 Å². The van der Waals surface area contributed by atoms with Gasteiger partial charge in [0.05, 0.1) is 17.8 Å². The van der Waals surface area contributed by atoms with Gasteiger partial charge in [0.25, 0.3) is 0 Å². The van der Waals surface area contributed by atoms with Gasteiger partial charge in [-0.2, -0.15) is 14.9 Å². The fraction of sp³-hybridized carbons (Fsp3) is 0.154. The summed E-state index contributed by atoms with van der Waals surface area (Å²) in [6, 6.07) is 3.62. The molecule has 1 aromatic carbocycles. The molecule has 0 unspecified atom stereocenters. The quantitative estimate of drug-likeness (QED) is 0.501. The molecule has 0 aliphatic carbocycles. The van der Waals surface area contributed by atoms with Gasteiger partial charge in [-0.1, -0.05) is 5.92 Å². The van der Waals surface area contributed by atoms with E-state index in [2.05, 4.69) is 37.1 Å². The van der Waals surface area contributed by atoms with Crippen LogP contribution in [-0.2, 0) is 0 Å². The monoisotopic (exact) mass is 366 g/mol. The SMILES string of the molecule is C#CCOc1c(Br)cc(/C=N\n2cn[nH]c2=S)cc1OC. The van der Waals surface area contributed by atoms with E-state index in [4.69, 9.17) is 28.1 Å². The van der Waals surface area contributed by atoms with Crippen LogP contribution in [0.3, 0.4) is 0 Å². The van der Waals surface area contributed by atoms with Gasteiger partial charge >= 0.3 is 0 Å². The molecular formula is C13H11BrN4O2S. The normalized spacial score (nSPS) is 10.5. The number of H-pyrrole nitrogens is 1. The van der Waals surface area contributed by atoms with Crippen LogP contribution in [0.15, 0.2) is 28.0 Å². The molecule has 0 bridgehead atoms. The average Bonchev–Trinajstić information content (AvgIpc) is 2.88. The zero-order valence-electron chi connectivity index (χ0n) is 11.0. The molecule has 2 aromatic rings. The summed E-state index contributed by atoms with van der Waals surface area (Å²) >= 11 is 8.42. The minimum absolute atomic E-state index is 0.159. The van der Waals surface area contributed by atoms with Crippen molar-refractivity contribution in [1.82, 2.24) is 14.9 Å². The van der Waals surface area contributed by atoms with Crippen LogP contribution in [0.25, 0.3) is 0 Å². The molecule has 0 aliphatic heterocycles. The highest BCUT2D eigenvalue weighted by molar-refractivity contribution is 9.10. The number of terminal acetylenes is 1. The zero-order chi connectivity index (χ0) is 15.2. The first-order chi connectivity index (χ1) is 10.2. The van der Waals surface area contributed by atoms with E-state index in [1.807, 2.05) is 6.07 Å². The number of halogens is 1. The summed E-state index contributed by atoms with van der Waals surface area (Å²) < 4.78 is 13.3. The summed E-state index contributed by atoms with van der Waals surface area (Å²) in [5.74, 6) is 3.51. The lowest BCUT2D eigenvalue weighted by Crippen LogP contribution is -1.99. The summed E-state index contributed by atoms with van der Waals surface area (Å²) in [5.41, 5.74) is 0.801. The largest absolute Gasteiger partial charge is 0.493 e. The molecule has 0 aliphatic rings. The van der Waals surface area contributed by atoms with Gasteiger partial charge in [-0.3, -0.25) is 5.10 Å². The number of aromatic nitrogens is 3. The molecule has 1 aromatic heterocycles. The molecule has 6 nitrogen and oxygen atoms in total. The van der Waals surface area contributed by atoms with E-state index in [0.717, 1.165) is 5.56 Å². The first kappa shape index (κ1) is 15.3. The molecule has 0 radical (unpaired) electrons. The first-order valence-corrected chi connectivity index (χ1v) is 6.96. The van der Waals surface area contributed by atoms with E-state index in [1.54, 1.807) is 19.4 Å². The number of hydrogen-bond acceptors (Lipinski definition) is 5. The standard InChI is InChI=1S/C13H11BrN4O2S/c1-3-4-20-12-10(14)5-9(6-11(12)19-2)7-16-18-8-15-17-13(18)21/h1,5-8H,4H2,2H3,(H,17,21)/b16-7-. The molecule has 108 valence electrons. The maximum atomic E-state index is 5.44. The van der Waals surface area contributed by atoms with Gasteiger partial charge in [0, 0.05) is 0 Å². The number of aromatic amines is 1. The third kappa shape index (κ3) is 3.71. The summed E-state index contributed by atoms with van der Waals surface area (Å²) in [7, 11) is 1.55. The van der Waals surface area contributed by atoms with Crippen molar-refractivity contribution in [2.24, 2.45) is 5.10 Å². The lowest BCUT2D eigenvalue weighted by atomic mass is 10.2. The second kappa shape index (κ2) is 7.06. The second-order valence-corrected chi connectivity index (χ2v) is 5.02. The van der Waals surface area contributed by atoms with Crippen molar-refractivity contribution in [2.75, 3.05) is 13.7 Å². The molecule has 0 saturated carbocycles. The topological polar surface area (TPSA) is 64.4 Å². The summed E-state index contributed by atoms with van der Waals surface area (Å²) in [6.07, 6.45) is 8.30. The van der Waals surface area contributed by atoms with Crippen LogP contribution in [0.4, 0.5) is 0 Å². The van der Waals surface area contributed by atoms with Crippen molar-refractivity contribution in [1.29, 1.82) is 0 Å². The van der Waals surface area contributed by atoms with Crippen molar-refractivity contribution >= 4 is 34.4 Å². The Morgan fingerprint density at radius 1 is 1.62 bits per heavy atom. The summed E-state index contributed by atoms with van der Waals surface area (Å²) in [6.45, 7) is 0.159. The Kier molecular flexibility index (Phi) is 5.14. The molecule has 2 rings (SSSR count). The Bertz CT molecular complexity index is 760. The molecule has 0 atom stereocenters. The third-order valence-corrected chi connectivity index (χ3v) is 3.29. The highest BCUT2D eigenvalue weighted by atomic mass is 79.9. The smallest absolute Gasteiger partial charge is 0.216 e. The fourth-order valence-corrected chi connectivity index (χ4v) is 2.24. The number of methoxy groups -OCH3 is 1. The van der Waals surface area contributed by atoms with Crippen LogP contribution in [-0.4, -0.2) is 34.8 Å². The zero-order valence-corrected chi connectivity index (χ0v) is 13.4. The summed E-state index contributed by atoms with van der Waals surface area (Å²) in [5, 5.41) is 10.6. The van der Waals surface area contributed by atoms with E-state index in [9.17, 15) is 0 Å². The number of nitrogens with zero attached hydrogens (tertiary/aromatic N) is 3. The van der Waals surface area contributed by atoms with Gasteiger partial charge in [0.15, 0.2) is 11.5 Å². The molecule has 1 heterocycles. The van der Waals surface area contributed by atoms with Gasteiger partial charge in [-0.25, -0.2) is 0 Å². The Labute approximate surface area is 134 Å². The van der Waals surface area contributed by atoms with Gasteiger partial charge in [-0.05, 0) is 45.8 Å². The number of ether oxygens (including phenoxy) is 2. The van der Waals surface area contributed by atoms with Crippen molar-refractivity contribution in [3.8, 4) is 23.8 Å². The lowest BCUT2D eigenvalue weighted by Gasteiger charge is -2.11. The molecular weight excluding hydrogens is 356 g/mol. The molecule has 0 spiro atoms. The number of rotatable bonds is 5. The molecule has 1 N–H and O–H groups in total. The molecule has 21 heavy (non-hydrogen) atoms. The highest BCUT2D eigenvalue weighted by Gasteiger charge is 2.10. The van der Waals surface area contributed by atoms with Gasteiger partial charge in [-0.15, -0.1) is 6.42 Å². The van der Waals surface area contributed by atoms with E-state index in [1.165, 1.54) is 11.0 Å². The maximum absolute atomic E-state index is 5.44. The highest BCUT2D eigenvalue weighted by Crippen LogP contribution is 2.36. The van der Waals surface area contributed by atoms with E-state index in [0.29, 0.717) is 20.7 Å². The maximum Gasteiger partial charge on any atom is 0.216 e. The fourth-order valence-electron chi connectivity index (χ4n) is 1.52. The van der Waals surface area contributed by atoms with Crippen molar-refractivity contribution < 1.29 is 9.47 Å². The van der Waals surface area contributed by atoms with Crippen molar-refractivity contribution in [3.05, 3.63) is 33.3 Å². The van der Waals surface area contributed by atoms with Crippen LogP contribution >= 0.6 is 28.1 Å². The predicted octanol–water partition coefficient (Wildman–Crippen LogP) is 2.61. The number of benzene rings is 1. The minimum Gasteiger partial charge on any atom is -0.493 e. The van der Waals surface area contributed by atoms with Gasteiger partial charge < -0.3 is 9.47 Å². The van der Waals surface area contributed by atoms with Gasteiger partial charge in [0.2, 0.25) is 4.77 Å². The molecule has 0 saturated heterocycles. The lowest BCUT2D eigenvalue weighted by molar-refractivity contribution is 0.329. The molecule has 0 amide bonds. The van der Waals surface area contributed by atoms with E-state index < -0.39 is 0 Å². The Morgan fingerprint density at radius 3 is 3.05 bits per heavy atom.